The maximum Gasteiger partial charge on any atom is 0.489 e. The fourth-order valence-corrected chi connectivity index (χ4v) is 5.56. The van der Waals surface area contributed by atoms with Crippen LogP contribution in [0.3, 0.4) is 0 Å². The fourth-order valence-electron chi connectivity index (χ4n) is 5.56. The second-order valence-electron chi connectivity index (χ2n) is 9.32. The first kappa shape index (κ1) is 21.2. The normalized spacial score (nSPS) is 17.0. The zero-order valence-electron chi connectivity index (χ0n) is 19.3. The summed E-state index contributed by atoms with van der Waals surface area (Å²) in [4.78, 5) is 12.6. The van der Waals surface area contributed by atoms with Gasteiger partial charge in [0.1, 0.15) is 11.6 Å². The summed E-state index contributed by atoms with van der Waals surface area (Å²) >= 11 is 0. The Balaban J connectivity index is 1.50. The van der Waals surface area contributed by atoms with Gasteiger partial charge in [-0.25, -0.2) is 0 Å². The highest BCUT2D eigenvalue weighted by molar-refractivity contribution is 6.61. The van der Waals surface area contributed by atoms with E-state index in [0.717, 1.165) is 47.6 Å². The molecule has 2 aromatic heterocycles. The average molecular weight is 453 g/mol. The minimum atomic E-state index is -1.53. The van der Waals surface area contributed by atoms with Crippen LogP contribution in [0.4, 0.5) is 11.6 Å². The van der Waals surface area contributed by atoms with Crippen molar-refractivity contribution in [2.24, 2.45) is 0 Å². The molecule has 2 aromatic carbocycles. The number of anilines is 2. The number of fused-ring (bicyclic) bond motifs is 4. The maximum absolute atomic E-state index is 9.87. The Bertz CT molecular complexity index is 1350. The number of rotatable bonds is 5. The molecule has 7 nitrogen and oxygen atoms in total. The van der Waals surface area contributed by atoms with Gasteiger partial charge in [0.05, 0.1) is 5.52 Å². The molecular formula is C26H28BN5O2. The van der Waals surface area contributed by atoms with Crippen LogP contribution in [-0.4, -0.2) is 44.3 Å². The van der Waals surface area contributed by atoms with E-state index in [9.17, 15) is 10.0 Å². The second-order valence-corrected chi connectivity index (χ2v) is 9.32. The molecule has 4 aromatic rings. The minimum absolute atomic E-state index is 0.486. The van der Waals surface area contributed by atoms with Gasteiger partial charge >= 0.3 is 7.12 Å². The topological polar surface area (TPSA) is 86.4 Å². The van der Waals surface area contributed by atoms with Gasteiger partial charge in [0, 0.05) is 35.8 Å². The number of benzene rings is 2. The van der Waals surface area contributed by atoms with E-state index < -0.39 is 7.12 Å². The van der Waals surface area contributed by atoms with Crippen molar-refractivity contribution in [3.8, 4) is 5.95 Å². The molecule has 1 saturated heterocycles. The van der Waals surface area contributed by atoms with Crippen molar-refractivity contribution in [2.75, 3.05) is 16.8 Å². The molecule has 0 radical (unpaired) electrons. The van der Waals surface area contributed by atoms with Crippen LogP contribution in [0, 0.1) is 6.92 Å². The highest BCUT2D eigenvalue weighted by Crippen LogP contribution is 2.38. The molecular weight excluding hydrogens is 425 g/mol. The number of hydrogen-bond acceptors (Lipinski definition) is 6. The monoisotopic (exact) mass is 453 g/mol. The van der Waals surface area contributed by atoms with E-state index in [0.29, 0.717) is 24.0 Å². The van der Waals surface area contributed by atoms with Gasteiger partial charge in [-0.3, -0.25) is 4.57 Å². The first-order valence-corrected chi connectivity index (χ1v) is 12.0. The lowest BCUT2D eigenvalue weighted by molar-refractivity contribution is 0.426. The van der Waals surface area contributed by atoms with E-state index in [-0.39, 0.29) is 0 Å². The van der Waals surface area contributed by atoms with Gasteiger partial charge < -0.3 is 20.3 Å². The summed E-state index contributed by atoms with van der Waals surface area (Å²) in [6, 6.07) is 18.4. The molecule has 2 aliphatic rings. The number of nitrogens with zero attached hydrogens (tertiary/aromatic N) is 4. The molecule has 0 saturated carbocycles. The second kappa shape index (κ2) is 8.45. The van der Waals surface area contributed by atoms with Crippen molar-refractivity contribution in [1.82, 2.24) is 14.5 Å². The molecule has 3 N–H and O–H groups in total. The summed E-state index contributed by atoms with van der Waals surface area (Å²) in [5, 5.41) is 24.1. The van der Waals surface area contributed by atoms with Crippen LogP contribution in [-0.2, 0) is 13.0 Å². The Hall–Kier alpha value is -3.36. The highest BCUT2D eigenvalue weighted by Gasteiger charge is 2.34. The van der Waals surface area contributed by atoms with Crippen LogP contribution in [0.5, 0.6) is 0 Å². The molecule has 1 unspecified atom stereocenters. The molecule has 172 valence electrons. The largest absolute Gasteiger partial charge is 0.489 e. The van der Waals surface area contributed by atoms with Gasteiger partial charge in [0.25, 0.3) is 0 Å². The number of nitrogens with one attached hydrogen (secondary N) is 1. The molecule has 34 heavy (non-hydrogen) atoms. The van der Waals surface area contributed by atoms with E-state index in [1.165, 1.54) is 24.0 Å². The molecule has 4 heterocycles. The van der Waals surface area contributed by atoms with Crippen molar-refractivity contribution >= 4 is 35.1 Å². The zero-order valence-corrected chi connectivity index (χ0v) is 19.3. The third-order valence-electron chi connectivity index (χ3n) is 7.19. The van der Waals surface area contributed by atoms with Gasteiger partial charge in [-0.05, 0) is 55.8 Å². The SMILES string of the molecule is Cc1cc2c(B(O)O)cccc2n1-c1nc(NCc2ccccc2)c2c(n1)N1CCCC1CC2. The smallest absolute Gasteiger partial charge is 0.423 e. The predicted molar refractivity (Wildman–Crippen MR) is 136 cm³/mol. The van der Waals surface area contributed by atoms with Gasteiger partial charge in [-0.2, -0.15) is 9.97 Å². The van der Waals surface area contributed by atoms with Crippen LogP contribution < -0.4 is 15.7 Å². The third-order valence-corrected chi connectivity index (χ3v) is 7.19. The van der Waals surface area contributed by atoms with Gasteiger partial charge in [0.2, 0.25) is 5.95 Å². The third kappa shape index (κ3) is 3.54. The van der Waals surface area contributed by atoms with Crippen molar-refractivity contribution in [3.05, 3.63) is 71.4 Å². The van der Waals surface area contributed by atoms with Crippen molar-refractivity contribution in [3.63, 3.8) is 0 Å². The Morgan fingerprint density at radius 1 is 1.06 bits per heavy atom. The number of hydrogen-bond donors (Lipinski definition) is 3. The summed E-state index contributed by atoms with van der Waals surface area (Å²) in [5.41, 5.74) is 4.70. The Kier molecular flexibility index (Phi) is 5.27. The molecule has 0 aliphatic carbocycles. The van der Waals surface area contributed by atoms with Crippen LogP contribution in [0.2, 0.25) is 0 Å². The maximum atomic E-state index is 9.87. The summed E-state index contributed by atoms with van der Waals surface area (Å²) < 4.78 is 2.02. The fraction of sp³-hybridized carbons (Fsp3) is 0.308. The van der Waals surface area contributed by atoms with Crippen LogP contribution in [0.15, 0.2) is 54.6 Å². The Morgan fingerprint density at radius 2 is 1.91 bits per heavy atom. The summed E-state index contributed by atoms with van der Waals surface area (Å²) in [6.07, 6.45) is 4.52. The number of aryl methyl sites for hydroxylation is 1. The van der Waals surface area contributed by atoms with Gasteiger partial charge in [0.15, 0.2) is 0 Å². The van der Waals surface area contributed by atoms with Crippen molar-refractivity contribution in [2.45, 2.75) is 45.2 Å². The quantitative estimate of drug-likeness (QED) is 0.403. The minimum Gasteiger partial charge on any atom is -0.423 e. The molecule has 6 rings (SSSR count). The summed E-state index contributed by atoms with van der Waals surface area (Å²) in [7, 11) is -1.53. The summed E-state index contributed by atoms with van der Waals surface area (Å²) in [5.74, 6) is 2.53. The molecule has 0 spiro atoms. The Morgan fingerprint density at radius 3 is 2.74 bits per heavy atom. The molecule has 8 heteroatoms. The van der Waals surface area contributed by atoms with E-state index in [1.54, 1.807) is 6.07 Å². The molecule has 0 bridgehead atoms. The zero-order chi connectivity index (χ0) is 23.2. The highest BCUT2D eigenvalue weighted by atomic mass is 16.4. The van der Waals surface area contributed by atoms with Crippen LogP contribution in [0.1, 0.15) is 36.1 Å². The van der Waals surface area contributed by atoms with Crippen molar-refractivity contribution in [1.29, 1.82) is 0 Å². The van der Waals surface area contributed by atoms with Crippen molar-refractivity contribution < 1.29 is 10.0 Å². The van der Waals surface area contributed by atoms with Gasteiger partial charge in [-0.1, -0.05) is 42.5 Å². The van der Waals surface area contributed by atoms with Crippen LogP contribution in [0.25, 0.3) is 16.9 Å². The van der Waals surface area contributed by atoms with E-state index in [1.807, 2.05) is 35.8 Å². The average Bonchev–Trinajstić information content (AvgIpc) is 3.46. The molecule has 2 aliphatic heterocycles. The van der Waals surface area contributed by atoms with Gasteiger partial charge in [-0.15, -0.1) is 0 Å². The van der Waals surface area contributed by atoms with E-state index in [2.05, 4.69) is 34.5 Å². The molecule has 1 fully saturated rings. The molecule has 1 atom stereocenters. The first-order chi connectivity index (χ1) is 16.6. The summed E-state index contributed by atoms with van der Waals surface area (Å²) in [6.45, 7) is 3.73. The predicted octanol–water partition coefficient (Wildman–Crippen LogP) is 2.94. The number of aromatic nitrogens is 3. The van der Waals surface area contributed by atoms with Crippen LogP contribution >= 0.6 is 0 Å². The lowest BCUT2D eigenvalue weighted by atomic mass is 9.78. The molecule has 0 amide bonds. The lowest BCUT2D eigenvalue weighted by Crippen LogP contribution is -2.35. The van der Waals surface area contributed by atoms with E-state index in [4.69, 9.17) is 9.97 Å². The first-order valence-electron chi connectivity index (χ1n) is 12.0. The standard InChI is InChI=1S/C26H28BN5O2/c1-17-15-21-22(27(33)34)10-5-11-23(21)32(17)26-29-24(28-16-18-7-3-2-4-8-18)20-13-12-19-9-6-14-31(19)25(20)30-26/h2-5,7-8,10-11,15,19,33-34H,6,9,12-14,16H2,1H3,(H,28,29,30). The Labute approximate surface area is 199 Å². The lowest BCUT2D eigenvalue weighted by Gasteiger charge is -2.33. The van der Waals surface area contributed by atoms with E-state index >= 15 is 0 Å².